The van der Waals surface area contributed by atoms with Crippen molar-refractivity contribution in [3.63, 3.8) is 0 Å². The van der Waals surface area contributed by atoms with Crippen LogP contribution in [0.3, 0.4) is 0 Å². The highest BCUT2D eigenvalue weighted by atomic mass is 16.5. The first-order valence-corrected chi connectivity index (χ1v) is 10.9. The number of ketones is 2. The Kier molecular flexibility index (Phi) is 6.49. The maximum absolute atomic E-state index is 12.9. The second-order valence-corrected chi connectivity index (χ2v) is 7.89. The summed E-state index contributed by atoms with van der Waals surface area (Å²) >= 11 is 0. The molecule has 0 unspecified atom stereocenters. The third-order valence-corrected chi connectivity index (χ3v) is 5.51. The number of carbonyl (C=O) groups is 4. The van der Waals surface area contributed by atoms with E-state index in [9.17, 15) is 19.2 Å². The summed E-state index contributed by atoms with van der Waals surface area (Å²) in [5.74, 6) is -0.452. The predicted octanol–water partition coefficient (Wildman–Crippen LogP) is 3.76. The topological polar surface area (TPSA) is 102 Å². The van der Waals surface area contributed by atoms with E-state index < -0.39 is 6.09 Å². The summed E-state index contributed by atoms with van der Waals surface area (Å²) in [7, 11) is 0. The number of carbonyl (C=O) groups excluding carboxylic acids is 4. The predicted molar refractivity (Wildman–Crippen MR) is 123 cm³/mol. The van der Waals surface area contributed by atoms with Crippen molar-refractivity contribution >= 4 is 34.3 Å². The molecule has 0 aromatic heterocycles. The van der Waals surface area contributed by atoms with Gasteiger partial charge in [-0.15, -0.1) is 0 Å². The average molecular weight is 444 g/mol. The van der Waals surface area contributed by atoms with Gasteiger partial charge in [-0.2, -0.15) is 0 Å². The highest BCUT2D eigenvalue weighted by molar-refractivity contribution is 6.29. The molecule has 0 bridgehead atoms. The van der Waals surface area contributed by atoms with Gasteiger partial charge in [-0.1, -0.05) is 43.3 Å². The second kappa shape index (κ2) is 9.65. The fourth-order valence-electron chi connectivity index (χ4n) is 3.81. The van der Waals surface area contributed by atoms with Gasteiger partial charge in [-0.3, -0.25) is 14.4 Å². The number of hydrogen-bond acceptors (Lipinski definition) is 5. The molecule has 0 saturated carbocycles. The zero-order chi connectivity index (χ0) is 23.4. The minimum atomic E-state index is -0.610. The minimum Gasteiger partial charge on any atom is -0.445 e. The monoisotopic (exact) mass is 444 g/mol. The molecule has 2 amide bonds. The van der Waals surface area contributed by atoms with E-state index in [0.717, 1.165) is 22.8 Å². The van der Waals surface area contributed by atoms with Crippen molar-refractivity contribution in [3.8, 4) is 0 Å². The Bertz CT molecular complexity index is 1260. The summed E-state index contributed by atoms with van der Waals surface area (Å²) < 4.78 is 5.23. The number of hydrogen-bond donors (Lipinski definition) is 2. The number of fused-ring (bicyclic) bond motifs is 3. The maximum Gasteiger partial charge on any atom is 0.407 e. The molecular weight excluding hydrogens is 420 g/mol. The second-order valence-electron chi connectivity index (χ2n) is 7.89. The van der Waals surface area contributed by atoms with Crippen LogP contribution in [0.2, 0.25) is 0 Å². The molecule has 0 spiro atoms. The fraction of sp³-hybridized carbons (Fsp3) is 0.231. The van der Waals surface area contributed by atoms with Gasteiger partial charge < -0.3 is 15.4 Å². The van der Waals surface area contributed by atoms with Crippen LogP contribution in [0.5, 0.6) is 0 Å². The normalized spacial score (nSPS) is 12.2. The zero-order valence-corrected chi connectivity index (χ0v) is 18.3. The molecule has 7 nitrogen and oxygen atoms in total. The van der Waals surface area contributed by atoms with Crippen molar-refractivity contribution in [2.24, 2.45) is 0 Å². The smallest absolute Gasteiger partial charge is 0.407 e. The summed E-state index contributed by atoms with van der Waals surface area (Å²) in [6, 6.07) is 15.8. The molecule has 2 N–H and O–H groups in total. The summed E-state index contributed by atoms with van der Waals surface area (Å²) in [4.78, 5) is 49.3. The molecule has 0 saturated heterocycles. The number of rotatable bonds is 7. The molecule has 1 aliphatic rings. The van der Waals surface area contributed by atoms with Gasteiger partial charge >= 0.3 is 6.09 Å². The van der Waals surface area contributed by atoms with E-state index in [1.807, 2.05) is 25.1 Å². The Labute approximate surface area is 191 Å². The van der Waals surface area contributed by atoms with Crippen LogP contribution in [-0.4, -0.2) is 36.7 Å². The third kappa shape index (κ3) is 4.77. The fourth-order valence-corrected chi connectivity index (χ4v) is 3.81. The van der Waals surface area contributed by atoms with Crippen molar-refractivity contribution < 1.29 is 23.9 Å². The highest BCUT2D eigenvalue weighted by Gasteiger charge is 2.29. The van der Waals surface area contributed by atoms with Gasteiger partial charge in [0.05, 0.1) is 0 Å². The van der Waals surface area contributed by atoms with Crippen LogP contribution >= 0.6 is 0 Å². The Morgan fingerprint density at radius 2 is 1.45 bits per heavy atom. The van der Waals surface area contributed by atoms with Crippen molar-refractivity contribution in [1.29, 1.82) is 0 Å². The Morgan fingerprint density at radius 1 is 0.788 bits per heavy atom. The van der Waals surface area contributed by atoms with Gasteiger partial charge in [-0.05, 0) is 41.0 Å². The molecule has 4 rings (SSSR count). The molecule has 0 fully saturated rings. The first-order valence-electron chi connectivity index (χ1n) is 10.9. The molecule has 3 aromatic carbocycles. The van der Waals surface area contributed by atoms with E-state index in [1.54, 1.807) is 36.4 Å². The van der Waals surface area contributed by atoms with Gasteiger partial charge in [0, 0.05) is 41.8 Å². The number of ether oxygens (including phenoxy) is 1. The Hall–Kier alpha value is -4.00. The molecule has 168 valence electrons. The van der Waals surface area contributed by atoms with Crippen LogP contribution in [0.4, 0.5) is 4.79 Å². The van der Waals surface area contributed by atoms with E-state index in [1.165, 1.54) is 0 Å². The van der Waals surface area contributed by atoms with E-state index in [4.69, 9.17) is 4.74 Å². The van der Waals surface area contributed by atoms with E-state index in [-0.39, 0.29) is 37.0 Å². The van der Waals surface area contributed by atoms with Crippen LogP contribution in [0, 0.1) is 0 Å². The quantitative estimate of drug-likeness (QED) is 0.452. The SMILES string of the molecule is CCCNC(=O)CCNC(=O)OCc1ccc2cc3c(cc2c1)C(=O)c1ccccc1C3=O. The molecule has 7 heteroatoms. The average Bonchev–Trinajstić information content (AvgIpc) is 2.83. The largest absolute Gasteiger partial charge is 0.445 e. The standard InChI is InChI=1S/C26H24N2O5/c1-2-10-27-23(29)9-11-28-26(32)33-15-16-7-8-17-13-21-22(14-18(17)12-16)25(31)20-6-4-3-5-19(20)24(21)30/h3-8,12-14H,2,9-11,15H2,1H3,(H,27,29)(H,28,32). The molecule has 1 aliphatic carbocycles. The van der Waals surface area contributed by atoms with Crippen molar-refractivity contribution in [1.82, 2.24) is 10.6 Å². The lowest BCUT2D eigenvalue weighted by molar-refractivity contribution is -0.120. The molecule has 0 heterocycles. The molecule has 3 aromatic rings. The van der Waals surface area contributed by atoms with Crippen molar-refractivity contribution in [2.75, 3.05) is 13.1 Å². The first-order chi connectivity index (χ1) is 16.0. The Balaban J connectivity index is 1.43. The number of nitrogens with one attached hydrogen (secondary N) is 2. The van der Waals surface area contributed by atoms with Gasteiger partial charge in [0.15, 0.2) is 11.6 Å². The van der Waals surface area contributed by atoms with Crippen LogP contribution in [0.15, 0.2) is 54.6 Å². The highest BCUT2D eigenvalue weighted by Crippen LogP contribution is 2.31. The first kappa shape index (κ1) is 22.2. The molecule has 33 heavy (non-hydrogen) atoms. The van der Waals surface area contributed by atoms with Crippen LogP contribution in [-0.2, 0) is 16.1 Å². The van der Waals surface area contributed by atoms with Gasteiger partial charge in [0.25, 0.3) is 0 Å². The molecule has 0 aliphatic heterocycles. The van der Waals surface area contributed by atoms with Gasteiger partial charge in [0.2, 0.25) is 5.91 Å². The van der Waals surface area contributed by atoms with Crippen LogP contribution in [0.25, 0.3) is 10.8 Å². The molecular formula is C26H24N2O5. The minimum absolute atomic E-state index is 0.0383. The number of benzene rings is 3. The van der Waals surface area contributed by atoms with E-state index in [2.05, 4.69) is 10.6 Å². The lowest BCUT2D eigenvalue weighted by atomic mass is 9.83. The van der Waals surface area contributed by atoms with Gasteiger partial charge in [0.1, 0.15) is 6.61 Å². The van der Waals surface area contributed by atoms with Crippen molar-refractivity contribution in [3.05, 3.63) is 82.4 Å². The molecule has 0 radical (unpaired) electrons. The number of amides is 2. The zero-order valence-electron chi connectivity index (χ0n) is 18.3. The van der Waals surface area contributed by atoms with Crippen LogP contribution in [0.1, 0.15) is 57.2 Å². The Morgan fingerprint density at radius 3 is 2.12 bits per heavy atom. The lowest BCUT2D eigenvalue weighted by Gasteiger charge is -2.18. The lowest BCUT2D eigenvalue weighted by Crippen LogP contribution is -2.31. The van der Waals surface area contributed by atoms with E-state index in [0.29, 0.717) is 28.8 Å². The number of alkyl carbamates (subject to hydrolysis) is 1. The van der Waals surface area contributed by atoms with Crippen LogP contribution < -0.4 is 10.6 Å². The summed E-state index contributed by atoms with van der Waals surface area (Å²) in [6.07, 6.45) is 0.431. The summed E-state index contributed by atoms with van der Waals surface area (Å²) in [5, 5.41) is 6.89. The van der Waals surface area contributed by atoms with Crippen molar-refractivity contribution in [2.45, 2.75) is 26.4 Å². The summed E-state index contributed by atoms with van der Waals surface area (Å²) in [6.45, 7) is 2.81. The summed E-state index contributed by atoms with van der Waals surface area (Å²) in [5.41, 5.74) is 2.36. The van der Waals surface area contributed by atoms with E-state index >= 15 is 0 Å². The van der Waals surface area contributed by atoms with Gasteiger partial charge in [-0.25, -0.2) is 4.79 Å². The molecule has 0 atom stereocenters. The maximum atomic E-state index is 12.9. The third-order valence-electron chi connectivity index (χ3n) is 5.51.